The number of benzene rings is 2. The van der Waals surface area contributed by atoms with Crippen LogP contribution in [-0.2, 0) is 6.54 Å². The predicted molar refractivity (Wildman–Crippen MR) is 89.6 cm³/mol. The van der Waals surface area contributed by atoms with Gasteiger partial charge < -0.3 is 10.3 Å². The van der Waals surface area contributed by atoms with Gasteiger partial charge in [-0.25, -0.2) is 4.98 Å². The van der Waals surface area contributed by atoms with Gasteiger partial charge in [-0.15, -0.1) is 0 Å². The molecular weight excluding hydrogens is 282 g/mol. The fourth-order valence-electron chi connectivity index (χ4n) is 2.66. The van der Waals surface area contributed by atoms with E-state index in [4.69, 9.17) is 22.3 Å². The molecule has 108 valence electrons. The molecule has 3 rings (SSSR count). The van der Waals surface area contributed by atoms with Crippen LogP contribution in [0.25, 0.3) is 22.4 Å². The number of imidazole rings is 1. The van der Waals surface area contributed by atoms with Crippen molar-refractivity contribution in [1.82, 2.24) is 9.55 Å². The number of nitrogens with zero attached hydrogens (tertiary/aromatic N) is 2. The Morgan fingerprint density at radius 1 is 1.19 bits per heavy atom. The number of rotatable bonds is 3. The number of aromatic nitrogens is 2. The predicted octanol–water partition coefficient (Wildman–Crippen LogP) is 4.66. The Labute approximate surface area is 129 Å². The summed E-state index contributed by atoms with van der Waals surface area (Å²) in [4.78, 5) is 4.76. The molecule has 0 amide bonds. The molecule has 1 heterocycles. The van der Waals surface area contributed by atoms with E-state index in [0.29, 0.717) is 0 Å². The van der Waals surface area contributed by atoms with Crippen LogP contribution in [0.3, 0.4) is 0 Å². The normalized spacial score (nSPS) is 11.2. The number of nitrogen functional groups attached to an aromatic ring is 1. The van der Waals surface area contributed by atoms with Crippen molar-refractivity contribution in [2.45, 2.75) is 26.8 Å². The summed E-state index contributed by atoms with van der Waals surface area (Å²) in [5, 5.41) is 0.728. The number of anilines is 1. The molecule has 0 atom stereocenters. The molecule has 0 saturated heterocycles. The molecule has 1 aromatic heterocycles. The van der Waals surface area contributed by atoms with Crippen LogP contribution in [0.1, 0.15) is 18.9 Å². The molecular formula is C17H18ClN3. The van der Waals surface area contributed by atoms with Crippen molar-refractivity contribution in [3.63, 3.8) is 0 Å². The van der Waals surface area contributed by atoms with Crippen LogP contribution in [0.5, 0.6) is 0 Å². The minimum absolute atomic E-state index is 0.728. The molecule has 0 aliphatic rings. The monoisotopic (exact) mass is 299 g/mol. The SMILES string of the molecule is CCCn1c(-c2cccc(C)c2N)nc2cccc(Cl)c21. The van der Waals surface area contributed by atoms with Crippen LogP contribution in [0.4, 0.5) is 5.69 Å². The first-order chi connectivity index (χ1) is 10.1. The maximum atomic E-state index is 6.38. The largest absolute Gasteiger partial charge is 0.398 e. The van der Waals surface area contributed by atoms with Gasteiger partial charge in [0, 0.05) is 17.8 Å². The van der Waals surface area contributed by atoms with Crippen LogP contribution < -0.4 is 5.73 Å². The van der Waals surface area contributed by atoms with Crippen molar-refractivity contribution in [2.24, 2.45) is 0 Å². The summed E-state index contributed by atoms with van der Waals surface area (Å²) in [5.74, 6) is 0.890. The summed E-state index contributed by atoms with van der Waals surface area (Å²) in [5.41, 5.74) is 11.0. The summed E-state index contributed by atoms with van der Waals surface area (Å²) in [6.07, 6.45) is 1.01. The van der Waals surface area contributed by atoms with Gasteiger partial charge in [0.1, 0.15) is 5.82 Å². The Kier molecular flexibility index (Phi) is 3.60. The summed E-state index contributed by atoms with van der Waals surface area (Å²) >= 11 is 6.38. The molecule has 0 spiro atoms. The zero-order valence-electron chi connectivity index (χ0n) is 12.2. The third kappa shape index (κ3) is 2.28. The van der Waals surface area contributed by atoms with E-state index in [1.54, 1.807) is 0 Å². The van der Waals surface area contributed by atoms with E-state index in [-0.39, 0.29) is 0 Å². The molecule has 0 saturated carbocycles. The highest BCUT2D eigenvalue weighted by atomic mass is 35.5. The highest BCUT2D eigenvalue weighted by molar-refractivity contribution is 6.35. The van der Waals surface area contributed by atoms with Crippen LogP contribution in [-0.4, -0.2) is 9.55 Å². The lowest BCUT2D eigenvalue weighted by Gasteiger charge is -2.11. The minimum atomic E-state index is 0.728. The maximum Gasteiger partial charge on any atom is 0.143 e. The van der Waals surface area contributed by atoms with Gasteiger partial charge >= 0.3 is 0 Å². The van der Waals surface area contributed by atoms with Crippen LogP contribution in [0.15, 0.2) is 36.4 Å². The molecule has 0 radical (unpaired) electrons. The highest BCUT2D eigenvalue weighted by Crippen LogP contribution is 2.33. The molecule has 2 N–H and O–H groups in total. The standard InChI is InChI=1S/C17H18ClN3/c1-3-10-21-16-13(18)8-5-9-14(16)20-17(21)12-7-4-6-11(2)15(12)19/h4-9H,3,10,19H2,1-2H3. The summed E-state index contributed by atoms with van der Waals surface area (Å²) in [7, 11) is 0. The topological polar surface area (TPSA) is 43.8 Å². The lowest BCUT2D eigenvalue weighted by Crippen LogP contribution is -2.02. The van der Waals surface area contributed by atoms with Gasteiger partial charge in [0.25, 0.3) is 0 Å². The number of fused-ring (bicyclic) bond motifs is 1. The quantitative estimate of drug-likeness (QED) is 0.715. The van der Waals surface area contributed by atoms with E-state index in [1.807, 2.05) is 43.3 Å². The lowest BCUT2D eigenvalue weighted by molar-refractivity contribution is 0.704. The van der Waals surface area contributed by atoms with Crippen molar-refractivity contribution in [3.05, 3.63) is 47.0 Å². The Morgan fingerprint density at radius 3 is 2.71 bits per heavy atom. The van der Waals surface area contributed by atoms with Crippen LogP contribution >= 0.6 is 11.6 Å². The third-order valence-electron chi connectivity index (χ3n) is 3.73. The summed E-state index contributed by atoms with van der Waals surface area (Å²) in [6, 6.07) is 11.9. The van der Waals surface area contributed by atoms with Crippen molar-refractivity contribution >= 4 is 28.3 Å². The van der Waals surface area contributed by atoms with Crippen molar-refractivity contribution in [2.75, 3.05) is 5.73 Å². The van der Waals surface area contributed by atoms with Gasteiger partial charge in [-0.05, 0) is 37.1 Å². The fourth-order valence-corrected chi connectivity index (χ4v) is 2.94. The van der Waals surface area contributed by atoms with Gasteiger partial charge in [0.05, 0.1) is 16.1 Å². The lowest BCUT2D eigenvalue weighted by atomic mass is 10.1. The first-order valence-electron chi connectivity index (χ1n) is 7.13. The average molecular weight is 300 g/mol. The van der Waals surface area contributed by atoms with Crippen molar-refractivity contribution in [3.8, 4) is 11.4 Å². The molecule has 0 bridgehead atoms. The van der Waals surface area contributed by atoms with Gasteiger partial charge in [0.2, 0.25) is 0 Å². The van der Waals surface area contributed by atoms with E-state index >= 15 is 0 Å². The first kappa shape index (κ1) is 14.0. The van der Waals surface area contributed by atoms with Crippen molar-refractivity contribution < 1.29 is 0 Å². The summed E-state index contributed by atoms with van der Waals surface area (Å²) in [6.45, 7) is 5.02. The third-order valence-corrected chi connectivity index (χ3v) is 4.03. The number of halogens is 1. The molecule has 2 aromatic carbocycles. The van der Waals surface area contributed by atoms with E-state index in [1.165, 1.54) is 0 Å². The number of nitrogens with two attached hydrogens (primary N) is 1. The molecule has 0 aliphatic carbocycles. The molecule has 3 nitrogen and oxygen atoms in total. The number of para-hydroxylation sites is 2. The first-order valence-corrected chi connectivity index (χ1v) is 7.51. The molecule has 21 heavy (non-hydrogen) atoms. The Balaban J connectivity index is 2.34. The molecule has 0 fully saturated rings. The van der Waals surface area contributed by atoms with Gasteiger partial charge in [-0.2, -0.15) is 0 Å². The number of hydrogen-bond donors (Lipinski definition) is 1. The molecule has 0 aliphatic heterocycles. The number of hydrogen-bond acceptors (Lipinski definition) is 2. The fraction of sp³-hybridized carbons (Fsp3) is 0.235. The Morgan fingerprint density at radius 2 is 1.95 bits per heavy atom. The van der Waals surface area contributed by atoms with Gasteiger partial charge in [0.15, 0.2) is 0 Å². The van der Waals surface area contributed by atoms with Crippen LogP contribution in [0, 0.1) is 6.92 Å². The second-order valence-electron chi connectivity index (χ2n) is 5.23. The van der Waals surface area contributed by atoms with E-state index in [0.717, 1.165) is 51.7 Å². The minimum Gasteiger partial charge on any atom is -0.398 e. The smallest absolute Gasteiger partial charge is 0.143 e. The molecule has 4 heteroatoms. The average Bonchev–Trinajstić information content (AvgIpc) is 2.82. The Hall–Kier alpha value is -2.00. The van der Waals surface area contributed by atoms with Crippen molar-refractivity contribution in [1.29, 1.82) is 0 Å². The van der Waals surface area contributed by atoms with E-state index < -0.39 is 0 Å². The highest BCUT2D eigenvalue weighted by Gasteiger charge is 2.16. The second-order valence-corrected chi connectivity index (χ2v) is 5.64. The molecule has 3 aromatic rings. The second kappa shape index (κ2) is 5.41. The van der Waals surface area contributed by atoms with Gasteiger partial charge in [-0.3, -0.25) is 0 Å². The maximum absolute atomic E-state index is 6.38. The van der Waals surface area contributed by atoms with Gasteiger partial charge in [-0.1, -0.05) is 36.7 Å². The molecule has 0 unspecified atom stereocenters. The van der Waals surface area contributed by atoms with E-state index in [9.17, 15) is 0 Å². The summed E-state index contributed by atoms with van der Waals surface area (Å²) < 4.78 is 2.17. The van der Waals surface area contributed by atoms with Crippen LogP contribution in [0.2, 0.25) is 5.02 Å². The zero-order valence-corrected chi connectivity index (χ0v) is 13.0. The van der Waals surface area contributed by atoms with E-state index in [2.05, 4.69) is 11.5 Å². The zero-order chi connectivity index (χ0) is 15.0. The Bertz CT molecular complexity index is 805. The number of aryl methyl sites for hydroxylation is 2.